The molecule has 4 amide bonds. The van der Waals surface area contributed by atoms with Crippen LogP contribution in [0.4, 0.5) is 15.3 Å². The molecular formula is C14H18N4O5. The molecule has 9 nitrogen and oxygen atoms in total. The molecule has 3 N–H and O–H groups in total. The maximum absolute atomic E-state index is 12.1. The first-order chi connectivity index (χ1) is 11.0. The molecule has 0 aromatic heterocycles. The number of nitrogens with zero attached hydrogens (tertiary/aromatic N) is 1. The Kier molecular flexibility index (Phi) is 5.23. The van der Waals surface area contributed by atoms with Crippen molar-refractivity contribution in [3.63, 3.8) is 0 Å². The third kappa shape index (κ3) is 4.25. The molecule has 0 spiro atoms. The Labute approximate surface area is 132 Å². The Morgan fingerprint density at radius 2 is 2.04 bits per heavy atom. The molecule has 1 fully saturated rings. The average molecular weight is 322 g/mol. The second kappa shape index (κ2) is 7.34. The van der Waals surface area contributed by atoms with Crippen LogP contribution >= 0.6 is 0 Å². The third-order valence-electron chi connectivity index (χ3n) is 3.29. The van der Waals surface area contributed by atoms with Crippen molar-refractivity contribution < 1.29 is 23.9 Å². The lowest BCUT2D eigenvalue weighted by atomic mass is 10.2. The molecule has 9 heteroatoms. The number of anilines is 1. The van der Waals surface area contributed by atoms with Crippen molar-refractivity contribution in [2.24, 2.45) is 0 Å². The Bertz CT molecular complexity index is 607. The van der Waals surface area contributed by atoms with Gasteiger partial charge in [0.05, 0.1) is 20.3 Å². The van der Waals surface area contributed by atoms with Crippen LogP contribution in [0.25, 0.3) is 0 Å². The van der Waals surface area contributed by atoms with Gasteiger partial charge in [-0.25, -0.2) is 20.4 Å². The first-order valence-corrected chi connectivity index (χ1v) is 6.88. The summed E-state index contributed by atoms with van der Waals surface area (Å²) < 4.78 is 9.45. The smallest absolute Gasteiger partial charge is 0.425 e. The van der Waals surface area contributed by atoms with Crippen molar-refractivity contribution in [3.05, 3.63) is 24.3 Å². The summed E-state index contributed by atoms with van der Waals surface area (Å²) in [4.78, 5) is 36.2. The number of hydrazine groups is 1. The molecule has 1 aliphatic heterocycles. The van der Waals surface area contributed by atoms with E-state index in [2.05, 4.69) is 15.5 Å². The van der Waals surface area contributed by atoms with E-state index in [1.54, 1.807) is 36.3 Å². The maximum atomic E-state index is 12.1. The van der Waals surface area contributed by atoms with Crippen molar-refractivity contribution in [1.29, 1.82) is 0 Å². The summed E-state index contributed by atoms with van der Waals surface area (Å²) in [6.45, 7) is 0.331. The van der Waals surface area contributed by atoms with Crippen LogP contribution in [0.2, 0.25) is 0 Å². The highest BCUT2D eigenvalue weighted by Crippen LogP contribution is 2.25. The Morgan fingerprint density at radius 3 is 2.74 bits per heavy atom. The number of hydrogen-bond acceptors (Lipinski definition) is 5. The fourth-order valence-corrected chi connectivity index (χ4v) is 2.21. The molecule has 124 valence electrons. The molecule has 2 rings (SSSR count). The van der Waals surface area contributed by atoms with Gasteiger partial charge in [0.15, 0.2) is 0 Å². The summed E-state index contributed by atoms with van der Waals surface area (Å²) in [5.41, 5.74) is 4.86. The van der Waals surface area contributed by atoms with E-state index < -0.39 is 12.1 Å². The van der Waals surface area contributed by atoms with Gasteiger partial charge in [-0.05, 0) is 12.1 Å². The molecule has 0 saturated carbocycles. The first-order valence-electron chi connectivity index (χ1n) is 6.88. The predicted molar refractivity (Wildman–Crippen MR) is 81.0 cm³/mol. The van der Waals surface area contributed by atoms with E-state index in [0.717, 1.165) is 0 Å². The molecule has 1 unspecified atom stereocenters. The summed E-state index contributed by atoms with van der Waals surface area (Å²) in [6.07, 6.45) is -0.622. The average Bonchev–Trinajstić information content (AvgIpc) is 2.92. The van der Waals surface area contributed by atoms with E-state index in [1.165, 1.54) is 7.11 Å². The number of methoxy groups -OCH3 is 2. The first kappa shape index (κ1) is 16.4. The zero-order valence-corrected chi connectivity index (χ0v) is 12.8. The van der Waals surface area contributed by atoms with E-state index in [4.69, 9.17) is 4.74 Å². The summed E-state index contributed by atoms with van der Waals surface area (Å²) in [6, 6.07) is 6.12. The Hall–Kier alpha value is -2.97. The number of urea groups is 1. The van der Waals surface area contributed by atoms with E-state index in [9.17, 15) is 14.4 Å². The number of benzene rings is 1. The van der Waals surface area contributed by atoms with Crippen LogP contribution in [0, 0.1) is 0 Å². The summed E-state index contributed by atoms with van der Waals surface area (Å²) in [5.74, 6) is 0.538. The zero-order chi connectivity index (χ0) is 16.8. The molecular weight excluding hydrogens is 304 g/mol. The topological polar surface area (TPSA) is 109 Å². The maximum Gasteiger partial charge on any atom is 0.425 e. The number of carbonyl (C=O) groups excluding carboxylic acids is 3. The van der Waals surface area contributed by atoms with Crippen molar-refractivity contribution >= 4 is 23.7 Å². The second-order valence-corrected chi connectivity index (χ2v) is 4.82. The van der Waals surface area contributed by atoms with Gasteiger partial charge < -0.3 is 19.7 Å². The van der Waals surface area contributed by atoms with Crippen molar-refractivity contribution in [2.75, 3.05) is 25.7 Å². The van der Waals surface area contributed by atoms with Gasteiger partial charge in [0.25, 0.3) is 0 Å². The number of amides is 4. The van der Waals surface area contributed by atoms with Gasteiger partial charge in [-0.15, -0.1) is 0 Å². The molecule has 1 aliphatic rings. The lowest BCUT2D eigenvalue weighted by Crippen LogP contribution is -2.50. The normalized spacial score (nSPS) is 16.7. The minimum Gasteiger partial charge on any atom is -0.497 e. The number of hydrogen-bond donors (Lipinski definition) is 3. The van der Waals surface area contributed by atoms with Gasteiger partial charge in [0.2, 0.25) is 5.91 Å². The lowest BCUT2D eigenvalue weighted by Gasteiger charge is -2.18. The van der Waals surface area contributed by atoms with Crippen LogP contribution in [0.5, 0.6) is 5.75 Å². The quantitative estimate of drug-likeness (QED) is 0.697. The lowest BCUT2D eigenvalue weighted by molar-refractivity contribution is -0.117. The molecule has 1 heterocycles. The van der Waals surface area contributed by atoms with Gasteiger partial charge in [0, 0.05) is 24.7 Å². The van der Waals surface area contributed by atoms with Crippen LogP contribution in [-0.2, 0) is 9.53 Å². The van der Waals surface area contributed by atoms with Crippen LogP contribution < -0.4 is 25.8 Å². The highest BCUT2D eigenvalue weighted by atomic mass is 16.5. The summed E-state index contributed by atoms with van der Waals surface area (Å²) in [7, 11) is 2.73. The number of nitrogens with one attached hydrogen (secondary N) is 3. The van der Waals surface area contributed by atoms with Gasteiger partial charge >= 0.3 is 12.1 Å². The Morgan fingerprint density at radius 1 is 1.26 bits per heavy atom. The molecule has 1 saturated heterocycles. The van der Waals surface area contributed by atoms with Gasteiger partial charge in [-0.3, -0.25) is 4.79 Å². The molecule has 23 heavy (non-hydrogen) atoms. The molecule has 1 aromatic rings. The van der Waals surface area contributed by atoms with Crippen LogP contribution in [0.1, 0.15) is 6.42 Å². The van der Waals surface area contributed by atoms with E-state index in [1.807, 2.05) is 5.43 Å². The van der Waals surface area contributed by atoms with Gasteiger partial charge in [-0.1, -0.05) is 6.07 Å². The minimum absolute atomic E-state index is 0.107. The van der Waals surface area contributed by atoms with Crippen molar-refractivity contribution in [1.82, 2.24) is 16.2 Å². The fraction of sp³-hybridized carbons (Fsp3) is 0.357. The molecule has 1 aromatic carbocycles. The molecule has 0 aliphatic carbocycles. The predicted octanol–water partition coefficient (Wildman–Crippen LogP) is 0.371. The molecule has 1 atom stereocenters. The van der Waals surface area contributed by atoms with Crippen molar-refractivity contribution in [3.8, 4) is 5.75 Å². The van der Waals surface area contributed by atoms with E-state index >= 15 is 0 Å². The highest BCUT2D eigenvalue weighted by Gasteiger charge is 2.31. The third-order valence-corrected chi connectivity index (χ3v) is 3.29. The fourth-order valence-electron chi connectivity index (χ4n) is 2.21. The standard InChI is InChI=1S/C14H18N4O5/c1-22-11-5-3-4-10(7-11)18-8-9(6-12(18)19)15-13(20)16-17-14(21)23-2/h3-5,7,9H,6,8H2,1-2H3,(H,17,21)(H2,15,16,20). The zero-order valence-electron chi connectivity index (χ0n) is 12.8. The molecule has 0 bridgehead atoms. The second-order valence-electron chi connectivity index (χ2n) is 4.82. The van der Waals surface area contributed by atoms with E-state index in [0.29, 0.717) is 18.0 Å². The number of rotatable bonds is 3. The van der Waals surface area contributed by atoms with E-state index in [-0.39, 0.29) is 18.4 Å². The number of ether oxygens (including phenoxy) is 2. The largest absolute Gasteiger partial charge is 0.497 e. The monoisotopic (exact) mass is 322 g/mol. The van der Waals surface area contributed by atoms with Crippen LogP contribution in [0.15, 0.2) is 24.3 Å². The van der Waals surface area contributed by atoms with Gasteiger partial charge in [-0.2, -0.15) is 0 Å². The van der Waals surface area contributed by atoms with Crippen LogP contribution in [-0.4, -0.2) is 44.8 Å². The number of carbonyl (C=O) groups is 3. The van der Waals surface area contributed by atoms with Crippen molar-refractivity contribution in [2.45, 2.75) is 12.5 Å². The van der Waals surface area contributed by atoms with Gasteiger partial charge in [0.1, 0.15) is 5.75 Å². The minimum atomic E-state index is -0.791. The van der Waals surface area contributed by atoms with Crippen LogP contribution in [0.3, 0.4) is 0 Å². The molecule has 0 radical (unpaired) electrons. The summed E-state index contributed by atoms with van der Waals surface area (Å²) in [5, 5.41) is 2.60. The SMILES string of the molecule is COC(=O)NNC(=O)NC1CC(=O)N(c2cccc(OC)c2)C1. The summed E-state index contributed by atoms with van der Waals surface area (Å²) >= 11 is 0. The Balaban J connectivity index is 1.91. The highest BCUT2D eigenvalue weighted by molar-refractivity contribution is 5.97.